The molecule has 1 fully saturated rings. The van der Waals surface area contributed by atoms with E-state index in [1.54, 1.807) is 24.3 Å². The monoisotopic (exact) mass is 273 g/mol. The number of nitrogens with one attached hydrogen (secondary N) is 2. The zero-order valence-corrected chi connectivity index (χ0v) is 10.9. The largest absolute Gasteiger partial charge is 0.376 e. The van der Waals surface area contributed by atoms with Crippen LogP contribution in [0.3, 0.4) is 0 Å². The normalized spacial score (nSPS) is 18.3. The number of nitrogens with zero attached hydrogens (tertiary/aromatic N) is 1. The number of hydrogen-bond acceptors (Lipinski definition) is 4. The number of carbonyl (C=O) groups is 1. The Morgan fingerprint density at radius 3 is 3.10 bits per heavy atom. The van der Waals surface area contributed by atoms with Crippen molar-refractivity contribution in [3.8, 4) is 0 Å². The number of para-hydroxylation sites is 1. The predicted octanol–water partition coefficient (Wildman–Crippen LogP) is 0.832. The smallest absolute Gasteiger partial charge is 0.287 e. The Hall–Kier alpha value is -2.21. The van der Waals surface area contributed by atoms with E-state index in [4.69, 9.17) is 4.74 Å². The number of rotatable bonds is 3. The van der Waals surface area contributed by atoms with Crippen molar-refractivity contribution in [2.75, 3.05) is 13.2 Å². The van der Waals surface area contributed by atoms with Gasteiger partial charge in [0.1, 0.15) is 0 Å². The van der Waals surface area contributed by atoms with Crippen LogP contribution in [0, 0.1) is 0 Å². The predicted molar refractivity (Wildman–Crippen MR) is 73.7 cm³/mol. The van der Waals surface area contributed by atoms with Gasteiger partial charge in [0.15, 0.2) is 5.82 Å². The summed E-state index contributed by atoms with van der Waals surface area (Å²) in [6.45, 7) is 1.18. The summed E-state index contributed by atoms with van der Waals surface area (Å²) in [5.74, 6) is -0.352. The zero-order valence-electron chi connectivity index (χ0n) is 10.9. The fraction of sp³-hybridized carbons (Fsp3) is 0.357. The van der Waals surface area contributed by atoms with Gasteiger partial charge >= 0.3 is 0 Å². The first-order valence-electron chi connectivity index (χ1n) is 6.63. The maximum atomic E-state index is 12.0. The number of aromatic amines is 1. The first-order valence-corrected chi connectivity index (χ1v) is 6.63. The van der Waals surface area contributed by atoms with E-state index in [0.717, 1.165) is 19.4 Å². The lowest BCUT2D eigenvalue weighted by atomic mass is 10.2. The fourth-order valence-corrected chi connectivity index (χ4v) is 2.29. The Morgan fingerprint density at radius 1 is 1.45 bits per heavy atom. The summed E-state index contributed by atoms with van der Waals surface area (Å²) in [6, 6.07) is 6.93. The zero-order chi connectivity index (χ0) is 13.9. The lowest BCUT2D eigenvalue weighted by Gasteiger charge is -2.10. The number of ether oxygens (including phenoxy) is 1. The highest BCUT2D eigenvalue weighted by Gasteiger charge is 2.17. The SMILES string of the molecule is O=C(NCC1CCCO1)c1nc2ccccc2c(=O)[nH]1. The summed E-state index contributed by atoms with van der Waals surface area (Å²) in [6.07, 6.45) is 2.03. The van der Waals surface area contributed by atoms with Crippen LogP contribution in [-0.2, 0) is 4.74 Å². The third-order valence-corrected chi connectivity index (χ3v) is 3.34. The standard InChI is InChI=1S/C14H15N3O3/c18-13-10-5-1-2-6-11(10)16-12(17-13)14(19)15-8-9-4-3-7-20-9/h1-2,5-6,9H,3-4,7-8H2,(H,15,19)(H,16,17,18). The molecule has 3 rings (SSSR count). The van der Waals surface area contributed by atoms with Crippen LogP contribution < -0.4 is 10.9 Å². The molecule has 2 N–H and O–H groups in total. The highest BCUT2D eigenvalue weighted by atomic mass is 16.5. The van der Waals surface area contributed by atoms with E-state index in [2.05, 4.69) is 15.3 Å². The molecule has 2 aromatic rings. The Balaban J connectivity index is 1.79. The van der Waals surface area contributed by atoms with Crippen molar-refractivity contribution < 1.29 is 9.53 Å². The van der Waals surface area contributed by atoms with Gasteiger partial charge in [0.25, 0.3) is 11.5 Å². The minimum absolute atomic E-state index is 0.0340. The number of benzene rings is 1. The van der Waals surface area contributed by atoms with Crippen molar-refractivity contribution in [2.24, 2.45) is 0 Å². The van der Waals surface area contributed by atoms with Crippen LogP contribution in [-0.4, -0.2) is 35.1 Å². The average Bonchev–Trinajstić information content (AvgIpc) is 2.98. The van der Waals surface area contributed by atoms with Gasteiger partial charge in [0.05, 0.1) is 17.0 Å². The first kappa shape index (κ1) is 12.8. The van der Waals surface area contributed by atoms with Crippen molar-refractivity contribution in [1.82, 2.24) is 15.3 Å². The lowest BCUT2D eigenvalue weighted by Crippen LogP contribution is -2.33. The summed E-state index contributed by atoms with van der Waals surface area (Å²) in [4.78, 5) is 30.5. The maximum Gasteiger partial charge on any atom is 0.287 e. The van der Waals surface area contributed by atoms with Crippen molar-refractivity contribution in [2.45, 2.75) is 18.9 Å². The molecule has 6 nitrogen and oxygen atoms in total. The van der Waals surface area contributed by atoms with Crippen LogP contribution in [0.4, 0.5) is 0 Å². The molecule has 1 atom stereocenters. The molecule has 0 spiro atoms. The lowest BCUT2D eigenvalue weighted by molar-refractivity contribution is 0.0849. The van der Waals surface area contributed by atoms with E-state index in [1.807, 2.05) is 0 Å². The van der Waals surface area contributed by atoms with Gasteiger partial charge in [-0.1, -0.05) is 12.1 Å². The number of fused-ring (bicyclic) bond motifs is 1. The van der Waals surface area contributed by atoms with Crippen molar-refractivity contribution in [3.63, 3.8) is 0 Å². The van der Waals surface area contributed by atoms with Gasteiger partial charge in [-0.2, -0.15) is 0 Å². The van der Waals surface area contributed by atoms with Crippen LogP contribution in [0.15, 0.2) is 29.1 Å². The molecular weight excluding hydrogens is 258 g/mol. The van der Waals surface area contributed by atoms with Crippen LogP contribution in [0.2, 0.25) is 0 Å². The molecule has 2 heterocycles. The van der Waals surface area contributed by atoms with Crippen molar-refractivity contribution in [1.29, 1.82) is 0 Å². The molecule has 0 saturated carbocycles. The molecule has 6 heteroatoms. The third kappa shape index (κ3) is 2.55. The van der Waals surface area contributed by atoms with Crippen molar-refractivity contribution in [3.05, 3.63) is 40.4 Å². The second kappa shape index (κ2) is 5.42. The van der Waals surface area contributed by atoms with E-state index < -0.39 is 0 Å². The molecule has 1 aromatic carbocycles. The Morgan fingerprint density at radius 2 is 2.30 bits per heavy atom. The van der Waals surface area contributed by atoms with Gasteiger partial charge in [-0.15, -0.1) is 0 Å². The van der Waals surface area contributed by atoms with Crippen LogP contribution in [0.25, 0.3) is 10.9 Å². The molecule has 0 bridgehead atoms. The van der Waals surface area contributed by atoms with E-state index in [-0.39, 0.29) is 23.4 Å². The quantitative estimate of drug-likeness (QED) is 0.867. The summed E-state index contributed by atoms with van der Waals surface area (Å²) < 4.78 is 5.43. The molecule has 1 aliphatic rings. The van der Waals surface area contributed by atoms with E-state index in [0.29, 0.717) is 17.4 Å². The Kier molecular flexibility index (Phi) is 3.47. The maximum absolute atomic E-state index is 12.0. The molecule has 0 radical (unpaired) electrons. The summed E-state index contributed by atoms with van der Waals surface area (Å²) >= 11 is 0. The molecule has 1 aromatic heterocycles. The van der Waals surface area contributed by atoms with Gasteiger partial charge in [-0.25, -0.2) is 4.98 Å². The Bertz CT molecular complexity index is 689. The summed E-state index contributed by atoms with van der Waals surface area (Å²) in [5, 5.41) is 3.21. The van der Waals surface area contributed by atoms with E-state index in [9.17, 15) is 9.59 Å². The van der Waals surface area contributed by atoms with Crippen LogP contribution in [0.5, 0.6) is 0 Å². The van der Waals surface area contributed by atoms with Gasteiger partial charge < -0.3 is 15.0 Å². The molecule has 1 unspecified atom stereocenters. The van der Waals surface area contributed by atoms with E-state index >= 15 is 0 Å². The van der Waals surface area contributed by atoms with E-state index in [1.165, 1.54) is 0 Å². The molecule has 1 aliphatic heterocycles. The second-order valence-electron chi connectivity index (χ2n) is 4.78. The number of aromatic nitrogens is 2. The van der Waals surface area contributed by atoms with Crippen molar-refractivity contribution >= 4 is 16.8 Å². The number of amides is 1. The van der Waals surface area contributed by atoms with Crippen LogP contribution in [0.1, 0.15) is 23.5 Å². The molecule has 20 heavy (non-hydrogen) atoms. The number of H-pyrrole nitrogens is 1. The fourth-order valence-electron chi connectivity index (χ4n) is 2.29. The van der Waals surface area contributed by atoms with Gasteiger partial charge in [0, 0.05) is 13.2 Å². The highest BCUT2D eigenvalue weighted by Crippen LogP contribution is 2.10. The third-order valence-electron chi connectivity index (χ3n) is 3.34. The molecule has 1 amide bonds. The Labute approximate surface area is 115 Å². The first-order chi connectivity index (χ1) is 9.74. The summed E-state index contributed by atoms with van der Waals surface area (Å²) in [5.41, 5.74) is 0.205. The molecule has 1 saturated heterocycles. The van der Waals surface area contributed by atoms with Gasteiger partial charge in [-0.05, 0) is 25.0 Å². The van der Waals surface area contributed by atoms with Gasteiger partial charge in [0.2, 0.25) is 0 Å². The number of carbonyl (C=O) groups excluding carboxylic acids is 1. The highest BCUT2D eigenvalue weighted by molar-refractivity contribution is 5.92. The van der Waals surface area contributed by atoms with Crippen LogP contribution >= 0.6 is 0 Å². The molecule has 0 aliphatic carbocycles. The minimum Gasteiger partial charge on any atom is -0.376 e. The second-order valence-corrected chi connectivity index (χ2v) is 4.78. The average molecular weight is 273 g/mol. The topological polar surface area (TPSA) is 84.1 Å². The number of hydrogen-bond donors (Lipinski definition) is 2. The summed E-state index contributed by atoms with van der Waals surface area (Å²) in [7, 11) is 0. The minimum atomic E-state index is -0.386. The van der Waals surface area contributed by atoms with Gasteiger partial charge in [-0.3, -0.25) is 9.59 Å². The molecule has 104 valence electrons. The molecular formula is C14H15N3O3.